The molecule has 1 aromatic rings. The van der Waals surface area contributed by atoms with Crippen LogP contribution in [0, 0.1) is 5.92 Å². The summed E-state index contributed by atoms with van der Waals surface area (Å²) in [7, 11) is 0. The second kappa shape index (κ2) is 8.54. The third-order valence-electron chi connectivity index (χ3n) is 3.87. The zero-order valence-electron chi connectivity index (χ0n) is 13.2. The van der Waals surface area contributed by atoms with Crippen molar-refractivity contribution in [3.8, 4) is 0 Å². The van der Waals surface area contributed by atoms with Crippen LogP contribution in [0.3, 0.4) is 0 Å². The van der Waals surface area contributed by atoms with Crippen molar-refractivity contribution in [2.45, 2.75) is 46.0 Å². The second-order valence-corrected chi connectivity index (χ2v) is 6.48. The van der Waals surface area contributed by atoms with Gasteiger partial charge < -0.3 is 10.2 Å². The summed E-state index contributed by atoms with van der Waals surface area (Å²) < 4.78 is 0. The monoisotopic (exact) mass is 310 g/mol. The second-order valence-electron chi connectivity index (χ2n) is 6.09. The predicted octanol–water partition coefficient (Wildman–Crippen LogP) is 3.62. The van der Waals surface area contributed by atoms with Crippen LogP contribution in [0.1, 0.15) is 45.4 Å². The maximum atomic E-state index is 6.06. The van der Waals surface area contributed by atoms with Crippen LogP contribution in [0.5, 0.6) is 0 Å². The van der Waals surface area contributed by atoms with E-state index in [1.807, 2.05) is 6.07 Å². The molecule has 21 heavy (non-hydrogen) atoms. The molecule has 1 N–H and O–H groups in total. The molecule has 1 aromatic heterocycles. The van der Waals surface area contributed by atoms with Crippen molar-refractivity contribution in [3.63, 3.8) is 0 Å². The van der Waals surface area contributed by atoms with Crippen LogP contribution in [0.4, 0.5) is 5.82 Å². The molecule has 0 bridgehead atoms. The summed E-state index contributed by atoms with van der Waals surface area (Å²) in [6, 6.07) is 1.81. The topological polar surface area (TPSA) is 41.1 Å². The highest BCUT2D eigenvalue weighted by Crippen LogP contribution is 2.14. The number of hydrogen-bond acceptors (Lipinski definition) is 4. The van der Waals surface area contributed by atoms with E-state index in [0.717, 1.165) is 37.6 Å². The zero-order valence-corrected chi connectivity index (χ0v) is 14.0. The molecular weight excluding hydrogens is 284 g/mol. The molecule has 1 saturated heterocycles. The third-order valence-corrected chi connectivity index (χ3v) is 4.06. The number of anilines is 1. The lowest BCUT2D eigenvalue weighted by molar-refractivity contribution is 0.204. The van der Waals surface area contributed by atoms with Gasteiger partial charge in [0.15, 0.2) is 0 Å². The number of aromatic nitrogens is 2. The zero-order chi connectivity index (χ0) is 15.1. The summed E-state index contributed by atoms with van der Waals surface area (Å²) in [5.41, 5.74) is 0. The van der Waals surface area contributed by atoms with Crippen molar-refractivity contribution in [2.24, 2.45) is 5.92 Å². The minimum absolute atomic E-state index is 0.527. The van der Waals surface area contributed by atoms with E-state index >= 15 is 0 Å². The Kier molecular flexibility index (Phi) is 6.71. The van der Waals surface area contributed by atoms with Gasteiger partial charge in [-0.1, -0.05) is 31.9 Å². The standard InChI is InChI=1S/C16H27ClN4/c1-3-7-15-19-14(17)10-16(20-15)18-11-13(2)12-21-8-5-4-6-9-21/h10,13H,3-9,11-12H2,1-2H3,(H,18,19,20). The van der Waals surface area contributed by atoms with E-state index in [4.69, 9.17) is 11.6 Å². The van der Waals surface area contributed by atoms with Crippen molar-refractivity contribution in [1.29, 1.82) is 0 Å². The number of nitrogens with one attached hydrogen (secondary N) is 1. The van der Waals surface area contributed by atoms with Crippen molar-refractivity contribution in [2.75, 3.05) is 31.5 Å². The fourth-order valence-electron chi connectivity index (χ4n) is 2.82. The van der Waals surface area contributed by atoms with Gasteiger partial charge in [-0.05, 0) is 38.3 Å². The van der Waals surface area contributed by atoms with Gasteiger partial charge in [0.05, 0.1) is 0 Å². The highest BCUT2D eigenvalue weighted by atomic mass is 35.5. The molecule has 5 heteroatoms. The normalized spacial score (nSPS) is 17.7. The molecule has 1 aliphatic heterocycles. The Hall–Kier alpha value is -0.870. The van der Waals surface area contributed by atoms with E-state index in [2.05, 4.69) is 34.0 Å². The molecule has 1 aliphatic rings. The summed E-state index contributed by atoms with van der Waals surface area (Å²) in [6.45, 7) is 9.01. The maximum absolute atomic E-state index is 6.06. The lowest BCUT2D eigenvalue weighted by atomic mass is 10.1. The Morgan fingerprint density at radius 1 is 1.29 bits per heavy atom. The molecule has 1 fully saturated rings. The van der Waals surface area contributed by atoms with E-state index in [1.165, 1.54) is 32.4 Å². The van der Waals surface area contributed by atoms with Crippen molar-refractivity contribution in [3.05, 3.63) is 17.0 Å². The van der Waals surface area contributed by atoms with Crippen molar-refractivity contribution in [1.82, 2.24) is 14.9 Å². The molecule has 0 aromatic carbocycles. The number of nitrogens with zero attached hydrogens (tertiary/aromatic N) is 3. The van der Waals surface area contributed by atoms with Gasteiger partial charge in [0.2, 0.25) is 0 Å². The molecule has 2 heterocycles. The van der Waals surface area contributed by atoms with Gasteiger partial charge in [-0.2, -0.15) is 0 Å². The number of hydrogen-bond donors (Lipinski definition) is 1. The number of likely N-dealkylation sites (tertiary alicyclic amines) is 1. The first-order valence-corrected chi connectivity index (χ1v) is 8.55. The first-order valence-electron chi connectivity index (χ1n) is 8.17. The number of piperidine rings is 1. The fraction of sp³-hybridized carbons (Fsp3) is 0.750. The summed E-state index contributed by atoms with van der Waals surface area (Å²) in [6.07, 6.45) is 6.00. The average molecular weight is 311 g/mol. The molecule has 118 valence electrons. The lowest BCUT2D eigenvalue weighted by Crippen LogP contribution is -2.35. The van der Waals surface area contributed by atoms with Gasteiger partial charge >= 0.3 is 0 Å². The van der Waals surface area contributed by atoms with E-state index in [9.17, 15) is 0 Å². The minimum atomic E-state index is 0.527. The Labute approximate surface area is 133 Å². The Morgan fingerprint density at radius 3 is 2.76 bits per heavy atom. The molecule has 1 unspecified atom stereocenters. The van der Waals surface area contributed by atoms with Crippen LogP contribution in [0.2, 0.25) is 5.15 Å². The average Bonchev–Trinajstić information content (AvgIpc) is 2.46. The van der Waals surface area contributed by atoms with Crippen LogP contribution in [0.25, 0.3) is 0 Å². The largest absolute Gasteiger partial charge is 0.370 e. The molecule has 0 aliphatic carbocycles. The van der Waals surface area contributed by atoms with E-state index in [-0.39, 0.29) is 0 Å². The molecule has 4 nitrogen and oxygen atoms in total. The van der Waals surface area contributed by atoms with Crippen LogP contribution >= 0.6 is 11.6 Å². The van der Waals surface area contributed by atoms with Gasteiger partial charge in [0, 0.05) is 25.6 Å². The summed E-state index contributed by atoms with van der Waals surface area (Å²) in [5.74, 6) is 2.28. The van der Waals surface area contributed by atoms with E-state index in [1.54, 1.807) is 0 Å². The van der Waals surface area contributed by atoms with Crippen LogP contribution in [-0.4, -0.2) is 41.0 Å². The minimum Gasteiger partial charge on any atom is -0.370 e. The maximum Gasteiger partial charge on any atom is 0.134 e. The van der Waals surface area contributed by atoms with Gasteiger partial charge in [-0.3, -0.25) is 0 Å². The van der Waals surface area contributed by atoms with Crippen molar-refractivity contribution < 1.29 is 0 Å². The molecule has 0 spiro atoms. The number of halogens is 1. The first-order chi connectivity index (χ1) is 10.2. The van der Waals surface area contributed by atoms with E-state index in [0.29, 0.717) is 11.1 Å². The van der Waals surface area contributed by atoms with Gasteiger partial charge in [-0.15, -0.1) is 0 Å². The van der Waals surface area contributed by atoms with Crippen LogP contribution < -0.4 is 5.32 Å². The molecule has 1 atom stereocenters. The summed E-state index contributed by atoms with van der Waals surface area (Å²) in [5, 5.41) is 3.94. The Morgan fingerprint density at radius 2 is 2.05 bits per heavy atom. The van der Waals surface area contributed by atoms with Crippen LogP contribution in [0.15, 0.2) is 6.07 Å². The Balaban J connectivity index is 1.81. The van der Waals surface area contributed by atoms with Crippen LogP contribution in [-0.2, 0) is 6.42 Å². The smallest absolute Gasteiger partial charge is 0.134 e. The first kappa shape index (κ1) is 16.5. The molecular formula is C16H27ClN4. The molecule has 0 radical (unpaired) electrons. The lowest BCUT2D eigenvalue weighted by Gasteiger charge is -2.29. The highest BCUT2D eigenvalue weighted by Gasteiger charge is 2.13. The highest BCUT2D eigenvalue weighted by molar-refractivity contribution is 6.29. The molecule has 0 amide bonds. The van der Waals surface area contributed by atoms with Crippen molar-refractivity contribution >= 4 is 17.4 Å². The van der Waals surface area contributed by atoms with Gasteiger partial charge in [0.1, 0.15) is 16.8 Å². The van der Waals surface area contributed by atoms with Gasteiger partial charge in [0.25, 0.3) is 0 Å². The number of rotatable bonds is 7. The fourth-order valence-corrected chi connectivity index (χ4v) is 3.02. The third kappa shape index (κ3) is 5.79. The van der Waals surface area contributed by atoms with E-state index < -0.39 is 0 Å². The molecule has 2 rings (SSSR count). The quantitative estimate of drug-likeness (QED) is 0.781. The molecule has 0 saturated carbocycles. The SMILES string of the molecule is CCCc1nc(Cl)cc(NCC(C)CN2CCCCC2)n1. The number of aryl methyl sites for hydroxylation is 1. The predicted molar refractivity (Wildman–Crippen MR) is 89.0 cm³/mol. The Bertz CT molecular complexity index is 432. The summed E-state index contributed by atoms with van der Waals surface area (Å²) in [4.78, 5) is 11.3. The van der Waals surface area contributed by atoms with Gasteiger partial charge in [-0.25, -0.2) is 9.97 Å². The summed E-state index contributed by atoms with van der Waals surface area (Å²) >= 11 is 6.06.